The third-order valence-corrected chi connectivity index (χ3v) is 3.97. The zero-order chi connectivity index (χ0) is 15.4. The average Bonchev–Trinajstić information content (AvgIpc) is 3.21. The lowest BCUT2D eigenvalue weighted by Gasteiger charge is -2.10. The van der Waals surface area contributed by atoms with Crippen LogP contribution >= 0.6 is 11.6 Å². The fourth-order valence-corrected chi connectivity index (χ4v) is 2.55. The van der Waals surface area contributed by atoms with Gasteiger partial charge in [-0.1, -0.05) is 25.4 Å². The fraction of sp³-hybridized carbons (Fsp3) is 0.625. The molecule has 0 radical (unpaired) electrons. The minimum atomic E-state index is -0.336. The van der Waals surface area contributed by atoms with E-state index in [4.69, 9.17) is 21.4 Å². The molecule has 1 aromatic rings. The molecule has 0 aliphatic heterocycles. The quantitative estimate of drug-likeness (QED) is 0.621. The Morgan fingerprint density at radius 1 is 1.48 bits per heavy atom. The summed E-state index contributed by atoms with van der Waals surface area (Å²) in [4.78, 5) is 16.4. The Hall–Kier alpha value is -1.13. The number of esters is 1. The number of nitrogens with zero attached hydrogens (tertiary/aromatic N) is 1. The Kier molecular flexibility index (Phi) is 5.59. The lowest BCUT2D eigenvalue weighted by atomic mass is 10.1. The van der Waals surface area contributed by atoms with Gasteiger partial charge in [-0.05, 0) is 49.1 Å². The van der Waals surface area contributed by atoms with E-state index in [2.05, 4.69) is 4.98 Å². The zero-order valence-electron chi connectivity index (χ0n) is 12.5. The van der Waals surface area contributed by atoms with Crippen LogP contribution in [0.2, 0.25) is 5.15 Å². The first-order valence-corrected chi connectivity index (χ1v) is 7.82. The molecular weight excluding hydrogens is 290 g/mol. The van der Waals surface area contributed by atoms with Gasteiger partial charge in [0.1, 0.15) is 5.15 Å². The summed E-state index contributed by atoms with van der Waals surface area (Å²) < 4.78 is 5.27. The first-order chi connectivity index (χ1) is 10.0. The largest absolute Gasteiger partial charge is 0.462 e. The van der Waals surface area contributed by atoms with E-state index in [-0.39, 0.29) is 12.6 Å². The van der Waals surface area contributed by atoms with Crippen LogP contribution in [-0.2, 0) is 11.2 Å². The van der Waals surface area contributed by atoms with Crippen molar-refractivity contribution in [2.75, 3.05) is 13.2 Å². The lowest BCUT2D eigenvalue weighted by Crippen LogP contribution is -2.13. The highest BCUT2D eigenvalue weighted by atomic mass is 35.5. The monoisotopic (exact) mass is 311 g/mol. The van der Waals surface area contributed by atoms with E-state index in [1.165, 1.54) is 0 Å². The Balaban J connectivity index is 2.01. The molecule has 116 valence electrons. The Morgan fingerprint density at radius 3 is 2.86 bits per heavy atom. The number of aromatic nitrogens is 1. The first kappa shape index (κ1) is 16.2. The number of aliphatic hydroxyl groups excluding tert-OH is 1. The van der Waals surface area contributed by atoms with Crippen molar-refractivity contribution in [1.29, 1.82) is 0 Å². The molecule has 1 N–H and O–H groups in total. The average molecular weight is 312 g/mol. The minimum Gasteiger partial charge on any atom is -0.462 e. The third-order valence-electron chi connectivity index (χ3n) is 3.76. The summed E-state index contributed by atoms with van der Waals surface area (Å²) in [6.45, 7) is 4.64. The number of ether oxygens (including phenoxy) is 1. The van der Waals surface area contributed by atoms with Crippen LogP contribution in [0.1, 0.15) is 42.7 Å². The number of carbonyl (C=O) groups excluding carboxylic acids is 1. The second-order valence-corrected chi connectivity index (χ2v) is 6.48. The highest BCUT2D eigenvalue weighted by molar-refractivity contribution is 6.29. The van der Waals surface area contributed by atoms with Crippen LogP contribution in [0.25, 0.3) is 0 Å². The summed E-state index contributed by atoms with van der Waals surface area (Å²) in [7, 11) is 0. The third kappa shape index (κ3) is 4.68. The molecule has 21 heavy (non-hydrogen) atoms. The Morgan fingerprint density at radius 2 is 2.24 bits per heavy atom. The van der Waals surface area contributed by atoms with Crippen molar-refractivity contribution in [3.8, 4) is 0 Å². The summed E-state index contributed by atoms with van der Waals surface area (Å²) in [5.74, 6) is 0.919. The van der Waals surface area contributed by atoms with E-state index in [0.29, 0.717) is 47.2 Å². The van der Waals surface area contributed by atoms with E-state index in [9.17, 15) is 4.79 Å². The van der Waals surface area contributed by atoms with E-state index in [1.54, 1.807) is 12.1 Å². The summed E-state index contributed by atoms with van der Waals surface area (Å²) in [6, 6.07) is 3.30. The number of hydrogen-bond donors (Lipinski definition) is 1. The van der Waals surface area contributed by atoms with Gasteiger partial charge in [0, 0.05) is 6.61 Å². The van der Waals surface area contributed by atoms with Crippen molar-refractivity contribution >= 4 is 17.6 Å². The van der Waals surface area contributed by atoms with Crippen LogP contribution in [0.5, 0.6) is 0 Å². The standard InChI is InChI=1S/C16H22ClNO3/c1-10(2)9-21-16(20)13-4-6-15(17)18-14(13)5-3-11-7-12(11)8-19/h4,6,10-12,19H,3,5,7-9H2,1-2H3/t11-,12-/m0/s1. The van der Waals surface area contributed by atoms with Crippen molar-refractivity contribution < 1.29 is 14.6 Å². The number of aryl methyl sites for hydroxylation is 1. The van der Waals surface area contributed by atoms with E-state index < -0.39 is 0 Å². The van der Waals surface area contributed by atoms with Crippen molar-refractivity contribution in [3.05, 3.63) is 28.5 Å². The Labute approximate surface area is 130 Å². The molecule has 4 nitrogen and oxygen atoms in total. The van der Waals surface area contributed by atoms with Gasteiger partial charge in [0.15, 0.2) is 0 Å². The summed E-state index contributed by atoms with van der Waals surface area (Å²) in [5.41, 5.74) is 1.20. The van der Waals surface area contributed by atoms with Crippen molar-refractivity contribution in [1.82, 2.24) is 4.98 Å². The molecule has 0 bridgehead atoms. The van der Waals surface area contributed by atoms with Crippen molar-refractivity contribution in [2.45, 2.75) is 33.1 Å². The van der Waals surface area contributed by atoms with Crippen molar-refractivity contribution in [3.63, 3.8) is 0 Å². The van der Waals surface area contributed by atoms with Gasteiger partial charge in [0.2, 0.25) is 0 Å². The molecule has 1 saturated carbocycles. The Bertz CT molecular complexity index is 504. The van der Waals surface area contributed by atoms with Gasteiger partial charge in [-0.3, -0.25) is 0 Å². The SMILES string of the molecule is CC(C)COC(=O)c1ccc(Cl)nc1CC[C@H]1C[C@H]1CO. The van der Waals surface area contributed by atoms with E-state index in [0.717, 1.165) is 12.8 Å². The van der Waals surface area contributed by atoms with Gasteiger partial charge in [-0.25, -0.2) is 9.78 Å². The molecule has 2 atom stereocenters. The molecule has 1 aromatic heterocycles. The fourth-order valence-electron chi connectivity index (χ4n) is 2.38. The number of halogens is 1. The molecule has 0 aromatic carbocycles. The number of carbonyl (C=O) groups is 1. The molecule has 1 aliphatic rings. The predicted molar refractivity (Wildman–Crippen MR) is 81.4 cm³/mol. The smallest absolute Gasteiger partial charge is 0.339 e. The topological polar surface area (TPSA) is 59.4 Å². The molecule has 0 unspecified atom stereocenters. The summed E-state index contributed by atoms with van der Waals surface area (Å²) >= 11 is 5.93. The predicted octanol–water partition coefficient (Wildman–Crippen LogP) is 3.11. The highest BCUT2D eigenvalue weighted by Gasteiger charge is 2.35. The molecule has 1 fully saturated rings. The normalized spacial score (nSPS) is 20.6. The highest BCUT2D eigenvalue weighted by Crippen LogP contribution is 2.41. The van der Waals surface area contributed by atoms with Gasteiger partial charge in [-0.15, -0.1) is 0 Å². The van der Waals surface area contributed by atoms with Crippen LogP contribution in [0.15, 0.2) is 12.1 Å². The maximum absolute atomic E-state index is 12.1. The first-order valence-electron chi connectivity index (χ1n) is 7.44. The second kappa shape index (κ2) is 7.23. The molecule has 0 saturated heterocycles. The van der Waals surface area contributed by atoms with Gasteiger partial charge >= 0.3 is 5.97 Å². The number of rotatable bonds is 7. The van der Waals surface area contributed by atoms with Crippen LogP contribution in [-0.4, -0.2) is 29.3 Å². The molecule has 1 aliphatic carbocycles. The van der Waals surface area contributed by atoms with E-state index >= 15 is 0 Å². The van der Waals surface area contributed by atoms with Gasteiger partial charge in [0.05, 0.1) is 17.9 Å². The number of pyridine rings is 1. The minimum absolute atomic E-state index is 0.247. The van der Waals surface area contributed by atoms with Gasteiger partial charge in [0.25, 0.3) is 0 Å². The summed E-state index contributed by atoms with van der Waals surface area (Å²) in [6.07, 6.45) is 2.67. The van der Waals surface area contributed by atoms with Crippen LogP contribution in [0, 0.1) is 17.8 Å². The van der Waals surface area contributed by atoms with E-state index in [1.807, 2.05) is 13.8 Å². The van der Waals surface area contributed by atoms with Crippen LogP contribution in [0.3, 0.4) is 0 Å². The lowest BCUT2D eigenvalue weighted by molar-refractivity contribution is 0.0457. The molecule has 0 spiro atoms. The summed E-state index contributed by atoms with van der Waals surface area (Å²) in [5, 5.41) is 9.46. The molecule has 5 heteroatoms. The number of aliphatic hydroxyl groups is 1. The van der Waals surface area contributed by atoms with Crippen LogP contribution < -0.4 is 0 Å². The van der Waals surface area contributed by atoms with Crippen molar-refractivity contribution in [2.24, 2.45) is 17.8 Å². The van der Waals surface area contributed by atoms with Gasteiger partial charge in [-0.2, -0.15) is 0 Å². The maximum Gasteiger partial charge on any atom is 0.339 e. The second-order valence-electron chi connectivity index (χ2n) is 6.10. The van der Waals surface area contributed by atoms with Gasteiger partial charge < -0.3 is 9.84 Å². The molecule has 0 amide bonds. The molecule has 2 rings (SSSR count). The zero-order valence-corrected chi connectivity index (χ0v) is 13.3. The van der Waals surface area contributed by atoms with Crippen LogP contribution in [0.4, 0.5) is 0 Å². The maximum atomic E-state index is 12.1. The number of hydrogen-bond acceptors (Lipinski definition) is 4. The molecule has 1 heterocycles. The molecular formula is C16H22ClNO3.